The Morgan fingerprint density at radius 2 is 1.57 bits per heavy atom. The van der Waals surface area contributed by atoms with E-state index in [1.165, 1.54) is 11.1 Å². The van der Waals surface area contributed by atoms with E-state index in [1.54, 1.807) is 0 Å². The summed E-state index contributed by atoms with van der Waals surface area (Å²) in [5.74, 6) is 0. The van der Waals surface area contributed by atoms with E-state index in [9.17, 15) is 5.11 Å². The minimum absolute atomic E-state index is 0.0199. The van der Waals surface area contributed by atoms with Crippen LogP contribution in [0, 0.1) is 0 Å². The predicted octanol–water partition coefficient (Wildman–Crippen LogP) is 3.81. The van der Waals surface area contributed by atoms with E-state index in [4.69, 9.17) is 0 Å². The molecule has 2 aromatic rings. The highest BCUT2D eigenvalue weighted by atomic mass is 16.3. The van der Waals surface area contributed by atoms with Crippen LogP contribution in [0.2, 0.25) is 0 Å². The van der Waals surface area contributed by atoms with E-state index in [1.807, 2.05) is 30.3 Å². The van der Waals surface area contributed by atoms with Gasteiger partial charge in [-0.3, -0.25) is 0 Å². The van der Waals surface area contributed by atoms with Crippen molar-refractivity contribution in [2.75, 3.05) is 6.61 Å². The quantitative estimate of drug-likeness (QED) is 0.874. The van der Waals surface area contributed by atoms with Gasteiger partial charge in [-0.15, -0.1) is 0 Å². The minimum atomic E-state index is -0.0199. The van der Waals surface area contributed by atoms with Gasteiger partial charge in [0, 0.05) is 6.54 Å². The van der Waals surface area contributed by atoms with Gasteiger partial charge in [0.2, 0.25) is 0 Å². The number of rotatable bonds is 5. The molecule has 1 atom stereocenters. The summed E-state index contributed by atoms with van der Waals surface area (Å²) in [4.78, 5) is 0. The Kier molecular flexibility index (Phi) is 5.16. The molecule has 0 saturated carbocycles. The molecule has 0 saturated heterocycles. The SMILES string of the molecule is CC(C)(C)c1ccc(CN[C@H](CO)c2ccccc2)cc1. The lowest BCUT2D eigenvalue weighted by Crippen LogP contribution is -2.24. The fourth-order valence-corrected chi connectivity index (χ4v) is 2.34. The zero-order valence-electron chi connectivity index (χ0n) is 13.1. The van der Waals surface area contributed by atoms with Gasteiger partial charge in [-0.1, -0.05) is 75.4 Å². The Balaban J connectivity index is 1.99. The predicted molar refractivity (Wildman–Crippen MR) is 88.3 cm³/mol. The van der Waals surface area contributed by atoms with Gasteiger partial charge in [0.15, 0.2) is 0 Å². The highest BCUT2D eigenvalue weighted by Gasteiger charge is 2.13. The maximum absolute atomic E-state index is 9.55. The van der Waals surface area contributed by atoms with Gasteiger partial charge in [-0.2, -0.15) is 0 Å². The monoisotopic (exact) mass is 283 g/mol. The summed E-state index contributed by atoms with van der Waals surface area (Å²) < 4.78 is 0. The van der Waals surface area contributed by atoms with Crippen LogP contribution < -0.4 is 5.32 Å². The van der Waals surface area contributed by atoms with Crippen LogP contribution in [-0.4, -0.2) is 11.7 Å². The topological polar surface area (TPSA) is 32.3 Å². The Morgan fingerprint density at radius 1 is 0.952 bits per heavy atom. The molecule has 2 nitrogen and oxygen atoms in total. The highest BCUT2D eigenvalue weighted by molar-refractivity contribution is 5.27. The van der Waals surface area contributed by atoms with E-state index in [-0.39, 0.29) is 18.1 Å². The normalized spacial score (nSPS) is 13.1. The summed E-state index contributed by atoms with van der Waals surface area (Å²) >= 11 is 0. The van der Waals surface area contributed by atoms with Gasteiger partial charge in [-0.25, -0.2) is 0 Å². The molecular weight excluding hydrogens is 258 g/mol. The van der Waals surface area contributed by atoms with Crippen molar-refractivity contribution < 1.29 is 5.11 Å². The lowest BCUT2D eigenvalue weighted by molar-refractivity contribution is 0.243. The molecule has 2 rings (SSSR count). The molecule has 0 unspecified atom stereocenters. The molecule has 0 fully saturated rings. The van der Waals surface area contributed by atoms with Crippen molar-refractivity contribution in [2.24, 2.45) is 0 Å². The van der Waals surface area contributed by atoms with Crippen molar-refractivity contribution in [2.45, 2.75) is 38.8 Å². The smallest absolute Gasteiger partial charge is 0.0626 e. The first kappa shape index (κ1) is 15.7. The van der Waals surface area contributed by atoms with Gasteiger partial charge in [0.05, 0.1) is 12.6 Å². The van der Waals surface area contributed by atoms with E-state index < -0.39 is 0 Å². The Morgan fingerprint density at radius 3 is 2.10 bits per heavy atom. The molecule has 0 aliphatic heterocycles. The fraction of sp³-hybridized carbons (Fsp3) is 0.368. The average molecular weight is 283 g/mol. The number of aliphatic hydroxyl groups is 1. The number of nitrogens with one attached hydrogen (secondary N) is 1. The van der Waals surface area contributed by atoms with Crippen LogP contribution in [0.15, 0.2) is 54.6 Å². The highest BCUT2D eigenvalue weighted by Crippen LogP contribution is 2.22. The lowest BCUT2D eigenvalue weighted by atomic mass is 9.87. The standard InChI is InChI=1S/C19H25NO/c1-19(2,3)17-11-9-15(10-12-17)13-20-18(14-21)16-7-5-4-6-8-16/h4-12,18,20-21H,13-14H2,1-3H3/t18-/m1/s1. The molecule has 0 heterocycles. The second kappa shape index (κ2) is 6.88. The second-order valence-corrected chi connectivity index (χ2v) is 6.47. The van der Waals surface area contributed by atoms with E-state index in [2.05, 4.69) is 50.4 Å². The molecule has 2 N–H and O–H groups in total. The van der Waals surface area contributed by atoms with Gasteiger partial charge in [0.1, 0.15) is 0 Å². The van der Waals surface area contributed by atoms with Crippen LogP contribution in [0.5, 0.6) is 0 Å². The fourth-order valence-electron chi connectivity index (χ4n) is 2.34. The van der Waals surface area contributed by atoms with Crippen LogP contribution in [0.4, 0.5) is 0 Å². The first-order chi connectivity index (χ1) is 10.0. The summed E-state index contributed by atoms with van der Waals surface area (Å²) in [6, 6.07) is 18.7. The van der Waals surface area contributed by atoms with Crippen molar-refractivity contribution in [3.8, 4) is 0 Å². The van der Waals surface area contributed by atoms with E-state index in [0.717, 1.165) is 12.1 Å². The van der Waals surface area contributed by atoms with Crippen LogP contribution in [0.25, 0.3) is 0 Å². The molecule has 2 heteroatoms. The largest absolute Gasteiger partial charge is 0.394 e. The summed E-state index contributed by atoms with van der Waals surface area (Å²) in [5, 5.41) is 13.0. The minimum Gasteiger partial charge on any atom is -0.394 e. The molecule has 0 aromatic heterocycles. The molecule has 0 radical (unpaired) electrons. The molecular formula is C19H25NO. The van der Waals surface area contributed by atoms with Gasteiger partial charge >= 0.3 is 0 Å². The number of aliphatic hydroxyl groups excluding tert-OH is 1. The molecule has 21 heavy (non-hydrogen) atoms. The first-order valence-corrected chi connectivity index (χ1v) is 7.49. The van der Waals surface area contributed by atoms with E-state index in [0.29, 0.717) is 0 Å². The van der Waals surface area contributed by atoms with Crippen LogP contribution >= 0.6 is 0 Å². The van der Waals surface area contributed by atoms with Crippen molar-refractivity contribution in [3.63, 3.8) is 0 Å². The third-order valence-electron chi connectivity index (χ3n) is 3.76. The van der Waals surface area contributed by atoms with Crippen molar-refractivity contribution in [1.29, 1.82) is 0 Å². The molecule has 2 aromatic carbocycles. The number of hydrogen-bond acceptors (Lipinski definition) is 2. The van der Waals surface area contributed by atoms with Crippen molar-refractivity contribution in [1.82, 2.24) is 5.32 Å². The van der Waals surface area contributed by atoms with Crippen molar-refractivity contribution in [3.05, 3.63) is 71.3 Å². The molecule has 0 aliphatic carbocycles. The Bertz CT molecular complexity index is 540. The number of hydrogen-bond donors (Lipinski definition) is 2. The van der Waals surface area contributed by atoms with E-state index >= 15 is 0 Å². The zero-order chi connectivity index (χ0) is 15.3. The molecule has 0 bridgehead atoms. The third-order valence-corrected chi connectivity index (χ3v) is 3.76. The van der Waals surface area contributed by atoms with Crippen LogP contribution in [-0.2, 0) is 12.0 Å². The molecule has 112 valence electrons. The lowest BCUT2D eigenvalue weighted by Gasteiger charge is -2.20. The summed E-state index contributed by atoms with van der Waals surface area (Å²) in [5.41, 5.74) is 3.88. The summed E-state index contributed by atoms with van der Waals surface area (Å²) in [7, 11) is 0. The Hall–Kier alpha value is -1.64. The van der Waals surface area contributed by atoms with Gasteiger partial charge < -0.3 is 10.4 Å². The maximum Gasteiger partial charge on any atom is 0.0626 e. The summed E-state index contributed by atoms with van der Waals surface area (Å²) in [6.45, 7) is 7.51. The van der Waals surface area contributed by atoms with Crippen LogP contribution in [0.3, 0.4) is 0 Å². The Labute approximate surface area is 127 Å². The third kappa shape index (κ3) is 4.42. The van der Waals surface area contributed by atoms with Gasteiger partial charge in [-0.05, 0) is 22.1 Å². The first-order valence-electron chi connectivity index (χ1n) is 7.49. The molecule has 0 aliphatic rings. The van der Waals surface area contributed by atoms with Crippen LogP contribution in [0.1, 0.15) is 43.5 Å². The molecule has 0 spiro atoms. The molecule has 0 amide bonds. The van der Waals surface area contributed by atoms with Gasteiger partial charge in [0.25, 0.3) is 0 Å². The second-order valence-electron chi connectivity index (χ2n) is 6.47. The summed E-state index contributed by atoms with van der Waals surface area (Å²) in [6.07, 6.45) is 0. The zero-order valence-corrected chi connectivity index (χ0v) is 13.1. The average Bonchev–Trinajstić information content (AvgIpc) is 2.48. The number of benzene rings is 2. The van der Waals surface area contributed by atoms with Crippen molar-refractivity contribution >= 4 is 0 Å². The maximum atomic E-state index is 9.55.